The Morgan fingerprint density at radius 3 is 2.55 bits per heavy atom. The maximum absolute atomic E-state index is 10.8. The van der Waals surface area contributed by atoms with Gasteiger partial charge in [0.2, 0.25) is 0 Å². The van der Waals surface area contributed by atoms with E-state index in [2.05, 4.69) is 34.1 Å². The zero-order valence-electron chi connectivity index (χ0n) is 11.4. The van der Waals surface area contributed by atoms with Crippen molar-refractivity contribution in [2.24, 2.45) is 0 Å². The number of hydrogen-bond donors (Lipinski definition) is 0. The lowest BCUT2D eigenvalue weighted by Crippen LogP contribution is -2.08. The first-order valence-electron chi connectivity index (χ1n) is 6.39. The van der Waals surface area contributed by atoms with Crippen molar-refractivity contribution in [3.63, 3.8) is 0 Å². The number of benzene rings is 1. The molecule has 0 saturated carbocycles. The van der Waals surface area contributed by atoms with E-state index in [0.29, 0.717) is 5.56 Å². The van der Waals surface area contributed by atoms with Crippen LogP contribution in [-0.2, 0) is 0 Å². The molecule has 3 rings (SSSR count). The average molecular weight is 265 g/mol. The number of anilines is 1. The van der Waals surface area contributed by atoms with Crippen LogP contribution >= 0.6 is 0 Å². The van der Waals surface area contributed by atoms with E-state index in [0.717, 1.165) is 28.7 Å². The highest BCUT2D eigenvalue weighted by Crippen LogP contribution is 2.21. The second-order valence-electron chi connectivity index (χ2n) is 4.90. The Hall–Kier alpha value is -2.62. The lowest BCUT2D eigenvalue weighted by Gasteiger charge is -2.13. The number of rotatable bonds is 3. The van der Waals surface area contributed by atoms with Gasteiger partial charge in [0.05, 0.1) is 0 Å². The summed E-state index contributed by atoms with van der Waals surface area (Å²) in [7, 11) is 4.03. The van der Waals surface area contributed by atoms with E-state index in [4.69, 9.17) is 0 Å². The van der Waals surface area contributed by atoms with Gasteiger partial charge >= 0.3 is 0 Å². The van der Waals surface area contributed by atoms with Gasteiger partial charge in [-0.25, -0.2) is 4.98 Å². The number of carbonyl (C=O) groups excluding carboxylic acids is 1. The Bertz CT molecular complexity index is 757. The highest BCUT2D eigenvalue weighted by atomic mass is 16.1. The van der Waals surface area contributed by atoms with E-state index in [1.165, 1.54) is 0 Å². The molecule has 4 heteroatoms. The Balaban J connectivity index is 2.07. The lowest BCUT2D eigenvalue weighted by atomic mass is 10.2. The van der Waals surface area contributed by atoms with Gasteiger partial charge in [0.25, 0.3) is 0 Å². The Kier molecular flexibility index (Phi) is 2.99. The standard InChI is InChI=1S/C16H15N3O/c1-18(2)14-3-5-15(6-4-14)19-8-7-13-9-12(11-20)10-17-16(13)19/h3-11H,1-2H3. The molecule has 0 N–H and O–H groups in total. The van der Waals surface area contributed by atoms with Crippen LogP contribution in [0.1, 0.15) is 10.4 Å². The van der Waals surface area contributed by atoms with Gasteiger partial charge in [0, 0.05) is 48.8 Å². The molecule has 0 radical (unpaired) electrons. The molecule has 0 atom stereocenters. The smallest absolute Gasteiger partial charge is 0.151 e. The zero-order chi connectivity index (χ0) is 14.1. The second-order valence-corrected chi connectivity index (χ2v) is 4.90. The summed E-state index contributed by atoms with van der Waals surface area (Å²) in [5.74, 6) is 0. The van der Waals surface area contributed by atoms with Crippen molar-refractivity contribution in [1.29, 1.82) is 0 Å². The van der Waals surface area contributed by atoms with Crippen molar-refractivity contribution in [3.8, 4) is 5.69 Å². The number of hydrogen-bond acceptors (Lipinski definition) is 3. The normalized spacial score (nSPS) is 10.7. The fourth-order valence-corrected chi connectivity index (χ4v) is 2.23. The van der Waals surface area contributed by atoms with Crippen molar-refractivity contribution in [3.05, 3.63) is 54.4 Å². The van der Waals surface area contributed by atoms with Crippen molar-refractivity contribution in [2.75, 3.05) is 19.0 Å². The van der Waals surface area contributed by atoms with Crippen LogP contribution in [0.2, 0.25) is 0 Å². The molecule has 2 aromatic heterocycles. The molecule has 0 bridgehead atoms. The molecule has 0 amide bonds. The van der Waals surface area contributed by atoms with Gasteiger partial charge in [-0.1, -0.05) is 0 Å². The predicted molar refractivity (Wildman–Crippen MR) is 80.8 cm³/mol. The van der Waals surface area contributed by atoms with E-state index in [1.54, 1.807) is 6.20 Å². The molecular weight excluding hydrogens is 250 g/mol. The molecule has 1 aromatic carbocycles. The highest BCUT2D eigenvalue weighted by Gasteiger charge is 2.05. The van der Waals surface area contributed by atoms with E-state index >= 15 is 0 Å². The van der Waals surface area contributed by atoms with Crippen LogP contribution in [0.15, 0.2) is 48.8 Å². The number of pyridine rings is 1. The first-order chi connectivity index (χ1) is 9.69. The number of aromatic nitrogens is 2. The minimum atomic E-state index is 0.596. The summed E-state index contributed by atoms with van der Waals surface area (Å²) in [6.07, 6.45) is 4.38. The molecule has 2 heterocycles. The minimum absolute atomic E-state index is 0.596. The molecule has 100 valence electrons. The van der Waals surface area contributed by atoms with E-state index in [1.807, 2.05) is 37.0 Å². The molecule has 0 fully saturated rings. The summed E-state index contributed by atoms with van der Waals surface area (Å²) in [6, 6.07) is 12.1. The zero-order valence-corrected chi connectivity index (χ0v) is 11.4. The van der Waals surface area contributed by atoms with Gasteiger partial charge in [-0.15, -0.1) is 0 Å². The van der Waals surface area contributed by atoms with Crippen molar-refractivity contribution in [1.82, 2.24) is 9.55 Å². The average Bonchev–Trinajstić information content (AvgIpc) is 2.90. The number of aldehydes is 1. The van der Waals surface area contributed by atoms with E-state index in [-0.39, 0.29) is 0 Å². The van der Waals surface area contributed by atoms with Crippen molar-refractivity contribution in [2.45, 2.75) is 0 Å². The Morgan fingerprint density at radius 1 is 1.15 bits per heavy atom. The van der Waals surface area contributed by atoms with Crippen LogP contribution in [-0.4, -0.2) is 29.9 Å². The molecule has 0 saturated heterocycles. The van der Waals surface area contributed by atoms with Crippen LogP contribution in [0.4, 0.5) is 5.69 Å². The monoisotopic (exact) mass is 265 g/mol. The lowest BCUT2D eigenvalue weighted by molar-refractivity contribution is 0.112. The number of fused-ring (bicyclic) bond motifs is 1. The third-order valence-corrected chi connectivity index (χ3v) is 3.33. The summed E-state index contributed by atoms with van der Waals surface area (Å²) < 4.78 is 2.02. The maximum atomic E-state index is 10.8. The van der Waals surface area contributed by atoms with Gasteiger partial charge in [0.15, 0.2) is 6.29 Å². The van der Waals surface area contributed by atoms with Gasteiger partial charge < -0.3 is 9.47 Å². The van der Waals surface area contributed by atoms with Crippen molar-refractivity contribution >= 4 is 23.0 Å². The molecule has 0 aliphatic rings. The molecule has 20 heavy (non-hydrogen) atoms. The van der Waals surface area contributed by atoms with Gasteiger partial charge in [-0.2, -0.15) is 0 Å². The minimum Gasteiger partial charge on any atom is -0.378 e. The summed E-state index contributed by atoms with van der Waals surface area (Å²) in [5.41, 5.74) is 3.66. The fraction of sp³-hybridized carbons (Fsp3) is 0.125. The molecule has 4 nitrogen and oxygen atoms in total. The van der Waals surface area contributed by atoms with Crippen molar-refractivity contribution < 1.29 is 4.79 Å². The van der Waals surface area contributed by atoms with Crippen LogP contribution in [0.5, 0.6) is 0 Å². The SMILES string of the molecule is CN(C)c1ccc(-n2ccc3cc(C=O)cnc32)cc1. The van der Waals surface area contributed by atoms with Gasteiger partial charge in [-0.05, 0) is 36.4 Å². The summed E-state index contributed by atoms with van der Waals surface area (Å²) in [6.45, 7) is 0. The number of carbonyl (C=O) groups is 1. The summed E-state index contributed by atoms with van der Waals surface area (Å²) >= 11 is 0. The first-order valence-corrected chi connectivity index (χ1v) is 6.39. The van der Waals surface area contributed by atoms with E-state index < -0.39 is 0 Å². The topological polar surface area (TPSA) is 38.1 Å². The molecule has 0 spiro atoms. The Morgan fingerprint density at radius 2 is 1.90 bits per heavy atom. The third kappa shape index (κ3) is 2.05. The van der Waals surface area contributed by atoms with Crippen LogP contribution in [0, 0.1) is 0 Å². The second kappa shape index (κ2) is 4.81. The summed E-state index contributed by atoms with van der Waals surface area (Å²) in [5, 5.41) is 0.964. The predicted octanol–water partition coefficient (Wildman–Crippen LogP) is 2.90. The maximum Gasteiger partial charge on any atom is 0.151 e. The van der Waals surface area contributed by atoms with Gasteiger partial charge in [-0.3, -0.25) is 4.79 Å². The third-order valence-electron chi connectivity index (χ3n) is 3.33. The largest absolute Gasteiger partial charge is 0.378 e. The quantitative estimate of drug-likeness (QED) is 0.683. The van der Waals surface area contributed by atoms with Crippen LogP contribution < -0.4 is 4.90 Å². The molecule has 0 aliphatic carbocycles. The van der Waals surface area contributed by atoms with E-state index in [9.17, 15) is 4.79 Å². The van der Waals surface area contributed by atoms with Crippen LogP contribution in [0.25, 0.3) is 16.7 Å². The molecule has 0 aliphatic heterocycles. The fourth-order valence-electron chi connectivity index (χ4n) is 2.23. The number of nitrogens with zero attached hydrogens (tertiary/aromatic N) is 3. The molecule has 0 unspecified atom stereocenters. The molecule has 3 aromatic rings. The van der Waals surface area contributed by atoms with Crippen LogP contribution in [0.3, 0.4) is 0 Å². The highest BCUT2D eigenvalue weighted by molar-refractivity contribution is 5.85. The Labute approximate surface area is 117 Å². The van der Waals surface area contributed by atoms with Gasteiger partial charge in [0.1, 0.15) is 5.65 Å². The summed E-state index contributed by atoms with van der Waals surface area (Å²) in [4.78, 5) is 17.2. The molecular formula is C16H15N3O. The first kappa shape index (κ1) is 12.4.